The van der Waals surface area contributed by atoms with E-state index in [4.69, 9.17) is 20.9 Å². The number of nitrogens with one attached hydrogen (secondary N) is 2. The summed E-state index contributed by atoms with van der Waals surface area (Å²) in [6.45, 7) is 2.31. The van der Waals surface area contributed by atoms with Crippen LogP contribution >= 0.6 is 0 Å². The fourth-order valence-electron chi connectivity index (χ4n) is 3.00. The fraction of sp³-hybridized carbons (Fsp3) is 0.417. The van der Waals surface area contributed by atoms with Crippen LogP contribution in [-0.4, -0.2) is 63.4 Å². The molecule has 2 amide bonds. The molecule has 2 atom stereocenters. The minimum atomic E-state index is -0.586. The van der Waals surface area contributed by atoms with Crippen LogP contribution in [0.3, 0.4) is 0 Å². The number of nitrogens with two attached hydrogens (primary N) is 2. The van der Waals surface area contributed by atoms with Crippen molar-refractivity contribution in [1.82, 2.24) is 10.6 Å². The smallest absolute Gasteiger partial charge is 0.237 e. The zero-order valence-corrected chi connectivity index (χ0v) is 18.4. The summed E-state index contributed by atoms with van der Waals surface area (Å²) in [7, 11) is 0. The summed E-state index contributed by atoms with van der Waals surface area (Å²) in [5.74, 6) is -0.398. The molecule has 174 valence electrons. The fourth-order valence-corrected chi connectivity index (χ4v) is 3.00. The van der Waals surface area contributed by atoms with Crippen molar-refractivity contribution < 1.29 is 19.1 Å². The normalized spacial score (nSPS) is 12.7. The monoisotopic (exact) mass is 442 g/mol. The van der Waals surface area contributed by atoms with Crippen LogP contribution in [0.15, 0.2) is 60.7 Å². The Hall–Kier alpha value is -2.78. The van der Waals surface area contributed by atoms with E-state index in [9.17, 15) is 9.59 Å². The van der Waals surface area contributed by atoms with Crippen LogP contribution in [0.1, 0.15) is 11.1 Å². The van der Waals surface area contributed by atoms with Crippen molar-refractivity contribution >= 4 is 11.8 Å². The average molecular weight is 443 g/mol. The largest absolute Gasteiger partial charge is 0.377 e. The highest BCUT2D eigenvalue weighted by molar-refractivity contribution is 5.82. The summed E-state index contributed by atoms with van der Waals surface area (Å²) in [5, 5.41) is 5.53. The topological polar surface area (TPSA) is 129 Å². The molecule has 2 rings (SSSR count). The van der Waals surface area contributed by atoms with Crippen LogP contribution in [0.2, 0.25) is 0 Å². The number of hydrogen-bond donors (Lipinski definition) is 4. The van der Waals surface area contributed by atoms with Crippen molar-refractivity contribution in [2.24, 2.45) is 11.5 Å². The van der Waals surface area contributed by atoms with Gasteiger partial charge < -0.3 is 31.6 Å². The first-order valence-corrected chi connectivity index (χ1v) is 10.9. The Balaban J connectivity index is 1.42. The van der Waals surface area contributed by atoms with Gasteiger partial charge in [0.1, 0.15) is 0 Å². The van der Waals surface area contributed by atoms with Gasteiger partial charge >= 0.3 is 0 Å². The van der Waals surface area contributed by atoms with Gasteiger partial charge in [0, 0.05) is 13.1 Å². The van der Waals surface area contributed by atoms with E-state index in [1.165, 1.54) is 0 Å². The van der Waals surface area contributed by atoms with Crippen LogP contribution in [0.5, 0.6) is 0 Å². The number of carbonyl (C=O) groups excluding carboxylic acids is 2. The highest BCUT2D eigenvalue weighted by Gasteiger charge is 2.14. The first-order chi connectivity index (χ1) is 15.6. The van der Waals surface area contributed by atoms with Crippen LogP contribution in [-0.2, 0) is 31.9 Å². The van der Waals surface area contributed by atoms with Gasteiger partial charge in [0.15, 0.2) is 0 Å². The third kappa shape index (κ3) is 10.5. The molecule has 0 spiro atoms. The van der Waals surface area contributed by atoms with Crippen molar-refractivity contribution in [3.05, 3.63) is 71.8 Å². The highest BCUT2D eigenvalue weighted by Crippen LogP contribution is 2.02. The molecule has 0 radical (unpaired) electrons. The Bertz CT molecular complexity index is 722. The number of amides is 2. The minimum Gasteiger partial charge on any atom is -0.377 e. The molecule has 8 heteroatoms. The van der Waals surface area contributed by atoms with Crippen molar-refractivity contribution in [3.8, 4) is 0 Å². The predicted octanol–water partition coefficient (Wildman–Crippen LogP) is 0.392. The maximum Gasteiger partial charge on any atom is 0.237 e. The summed E-state index contributed by atoms with van der Waals surface area (Å²) in [6.07, 6.45) is 0.990. The molecule has 8 nitrogen and oxygen atoms in total. The van der Waals surface area contributed by atoms with Gasteiger partial charge in [0.25, 0.3) is 0 Å². The maximum atomic E-state index is 12.0. The zero-order chi connectivity index (χ0) is 23.0. The Kier molecular flexibility index (Phi) is 12.0. The van der Waals surface area contributed by atoms with Gasteiger partial charge in [-0.1, -0.05) is 60.7 Å². The second kappa shape index (κ2) is 15.1. The molecule has 0 bridgehead atoms. The van der Waals surface area contributed by atoms with Crippen LogP contribution in [0.4, 0.5) is 0 Å². The summed E-state index contributed by atoms with van der Waals surface area (Å²) < 4.78 is 10.9. The lowest BCUT2D eigenvalue weighted by molar-refractivity contribution is -0.123. The Morgan fingerprint density at radius 2 is 1.03 bits per heavy atom. The molecule has 0 fully saturated rings. The number of rotatable bonds is 15. The number of hydrogen-bond acceptors (Lipinski definition) is 6. The molecule has 0 heterocycles. The molecule has 0 aliphatic rings. The maximum absolute atomic E-state index is 12.0. The van der Waals surface area contributed by atoms with Crippen molar-refractivity contribution in [2.75, 3.05) is 39.5 Å². The van der Waals surface area contributed by atoms with Gasteiger partial charge in [0.2, 0.25) is 11.8 Å². The van der Waals surface area contributed by atoms with E-state index in [2.05, 4.69) is 10.6 Å². The molecule has 0 aromatic heterocycles. The molecule has 0 saturated heterocycles. The molecule has 0 aliphatic carbocycles. The van der Waals surface area contributed by atoms with Gasteiger partial charge in [-0.2, -0.15) is 0 Å². The molecular weight excluding hydrogens is 408 g/mol. The van der Waals surface area contributed by atoms with Gasteiger partial charge in [0.05, 0.1) is 38.5 Å². The minimum absolute atomic E-state index is 0.199. The molecular formula is C24H34N4O4. The van der Waals surface area contributed by atoms with Gasteiger partial charge in [-0.25, -0.2) is 0 Å². The van der Waals surface area contributed by atoms with E-state index in [1.54, 1.807) is 0 Å². The second-order valence-electron chi connectivity index (χ2n) is 7.40. The lowest BCUT2D eigenvalue weighted by Crippen LogP contribution is -2.43. The summed E-state index contributed by atoms with van der Waals surface area (Å²) >= 11 is 0. The quantitative estimate of drug-likeness (QED) is 0.296. The number of benzene rings is 2. The third-order valence-electron chi connectivity index (χ3n) is 4.73. The van der Waals surface area contributed by atoms with E-state index in [-0.39, 0.29) is 11.8 Å². The predicted molar refractivity (Wildman–Crippen MR) is 124 cm³/mol. The Morgan fingerprint density at radius 3 is 1.41 bits per heavy atom. The Morgan fingerprint density at radius 1 is 0.656 bits per heavy atom. The SMILES string of the molecule is N[C@@H](Cc1ccccc1)C(=O)NCCOCCOCCNC(=O)[C@@H](N)Cc1ccccc1. The van der Waals surface area contributed by atoms with Gasteiger partial charge in [-0.15, -0.1) is 0 Å². The third-order valence-corrected chi connectivity index (χ3v) is 4.73. The molecule has 2 aromatic rings. The lowest BCUT2D eigenvalue weighted by atomic mass is 10.1. The first kappa shape index (κ1) is 25.5. The van der Waals surface area contributed by atoms with E-state index in [0.717, 1.165) is 11.1 Å². The molecule has 0 saturated carbocycles. The molecule has 0 aliphatic heterocycles. The number of ether oxygens (including phenoxy) is 2. The van der Waals surface area contributed by atoms with Crippen molar-refractivity contribution in [3.63, 3.8) is 0 Å². The van der Waals surface area contributed by atoms with E-state index in [0.29, 0.717) is 52.4 Å². The average Bonchev–Trinajstić information content (AvgIpc) is 2.81. The Labute approximate surface area is 189 Å². The van der Waals surface area contributed by atoms with E-state index < -0.39 is 12.1 Å². The van der Waals surface area contributed by atoms with E-state index in [1.807, 2.05) is 60.7 Å². The van der Waals surface area contributed by atoms with Gasteiger partial charge in [-0.3, -0.25) is 9.59 Å². The second-order valence-corrected chi connectivity index (χ2v) is 7.40. The highest BCUT2D eigenvalue weighted by atomic mass is 16.5. The van der Waals surface area contributed by atoms with Crippen molar-refractivity contribution in [2.45, 2.75) is 24.9 Å². The zero-order valence-electron chi connectivity index (χ0n) is 18.4. The molecule has 6 N–H and O–H groups in total. The summed E-state index contributed by atoms with van der Waals surface area (Å²) in [6, 6.07) is 18.1. The molecule has 0 unspecified atom stereocenters. The summed E-state index contributed by atoms with van der Waals surface area (Å²) in [5.41, 5.74) is 13.9. The van der Waals surface area contributed by atoms with E-state index >= 15 is 0 Å². The van der Waals surface area contributed by atoms with Crippen LogP contribution in [0.25, 0.3) is 0 Å². The van der Waals surface area contributed by atoms with Crippen LogP contribution < -0.4 is 22.1 Å². The standard InChI is InChI=1S/C24H34N4O4/c25-21(17-19-7-3-1-4-8-19)23(29)27-11-13-31-15-16-32-14-12-28-24(30)22(26)18-20-9-5-2-6-10-20/h1-10,21-22H,11-18,25-26H2,(H,27,29)(H,28,30)/t21-,22-/m0/s1. The number of carbonyl (C=O) groups is 2. The first-order valence-electron chi connectivity index (χ1n) is 10.9. The van der Waals surface area contributed by atoms with Gasteiger partial charge in [-0.05, 0) is 24.0 Å². The summed E-state index contributed by atoms with van der Waals surface area (Å²) in [4.78, 5) is 24.0. The van der Waals surface area contributed by atoms with Crippen LogP contribution in [0, 0.1) is 0 Å². The van der Waals surface area contributed by atoms with Crippen molar-refractivity contribution in [1.29, 1.82) is 0 Å². The molecule has 32 heavy (non-hydrogen) atoms. The lowest BCUT2D eigenvalue weighted by Gasteiger charge is -2.13. The molecule has 2 aromatic carbocycles.